The molecule has 2 aromatic carbocycles. The van der Waals surface area contributed by atoms with E-state index in [1.165, 1.54) is 0 Å². The number of carbonyl (C=O) groups is 1. The number of amides is 1. The maximum Gasteiger partial charge on any atom is 0.257 e. The fraction of sp³-hybridized carbons (Fsp3) is 0.318. The van der Waals surface area contributed by atoms with E-state index in [0.29, 0.717) is 54.2 Å². The fourth-order valence-corrected chi connectivity index (χ4v) is 3.26. The zero-order chi connectivity index (χ0) is 20.6. The Balaban J connectivity index is 1.48. The van der Waals surface area contributed by atoms with E-state index < -0.39 is 0 Å². The van der Waals surface area contributed by atoms with Gasteiger partial charge in [-0.3, -0.25) is 4.79 Å². The Morgan fingerprint density at radius 3 is 2.83 bits per heavy atom. The number of hydrogen-bond donors (Lipinski definition) is 1. The first kappa shape index (κ1) is 20.9. The Labute approximate surface area is 175 Å². The normalized spacial score (nSPS) is 12.2. The molecule has 0 radical (unpaired) electrons. The molecule has 3 rings (SSSR count). The van der Waals surface area contributed by atoms with Crippen molar-refractivity contribution in [2.75, 3.05) is 33.5 Å². The topological polar surface area (TPSA) is 66.0 Å². The third kappa shape index (κ3) is 5.57. The summed E-state index contributed by atoms with van der Waals surface area (Å²) in [5.41, 5.74) is 2.02. The van der Waals surface area contributed by atoms with Gasteiger partial charge in [-0.05, 0) is 48.2 Å². The Bertz CT molecular complexity index is 884. The fourth-order valence-electron chi connectivity index (χ4n) is 2.97. The Kier molecular flexibility index (Phi) is 7.25. The number of hydrogen-bond acceptors (Lipinski definition) is 5. The number of nitrogens with one attached hydrogen (secondary N) is 1. The highest BCUT2D eigenvalue weighted by molar-refractivity contribution is 6.32. The van der Waals surface area contributed by atoms with Crippen molar-refractivity contribution in [2.24, 2.45) is 0 Å². The molecule has 0 atom stereocenters. The lowest BCUT2D eigenvalue weighted by molar-refractivity contribution is -0.123. The van der Waals surface area contributed by atoms with Crippen molar-refractivity contribution in [1.29, 1.82) is 0 Å². The maximum atomic E-state index is 12.1. The van der Waals surface area contributed by atoms with Gasteiger partial charge in [0.2, 0.25) is 0 Å². The molecule has 0 fully saturated rings. The Morgan fingerprint density at radius 1 is 1.21 bits per heavy atom. The average molecular weight is 418 g/mol. The summed E-state index contributed by atoms with van der Waals surface area (Å²) in [4.78, 5) is 12.1. The van der Waals surface area contributed by atoms with Gasteiger partial charge in [0.25, 0.3) is 5.91 Å². The lowest BCUT2D eigenvalue weighted by atomic mass is 10.1. The minimum absolute atomic E-state index is 0.0982. The predicted molar refractivity (Wildman–Crippen MR) is 112 cm³/mol. The van der Waals surface area contributed by atoms with Crippen LogP contribution in [0.4, 0.5) is 0 Å². The number of fused-ring (bicyclic) bond motifs is 1. The quantitative estimate of drug-likeness (QED) is 0.631. The Hall–Kier alpha value is -2.86. The summed E-state index contributed by atoms with van der Waals surface area (Å²) < 4.78 is 22.0. The molecule has 2 aromatic rings. The minimum Gasteiger partial charge on any atom is -0.493 e. The van der Waals surface area contributed by atoms with E-state index in [-0.39, 0.29) is 12.5 Å². The second kappa shape index (κ2) is 10.1. The van der Waals surface area contributed by atoms with Crippen molar-refractivity contribution in [1.82, 2.24) is 5.32 Å². The lowest BCUT2D eigenvalue weighted by Gasteiger charge is -2.20. The molecule has 1 aliphatic heterocycles. The molecule has 0 saturated carbocycles. The van der Waals surface area contributed by atoms with Crippen LogP contribution < -0.4 is 24.3 Å². The average Bonchev–Trinajstić information content (AvgIpc) is 2.73. The molecule has 1 heterocycles. The van der Waals surface area contributed by atoms with Crippen LogP contribution in [-0.4, -0.2) is 39.4 Å². The zero-order valence-electron chi connectivity index (χ0n) is 16.3. The van der Waals surface area contributed by atoms with E-state index in [2.05, 4.69) is 11.9 Å². The van der Waals surface area contributed by atoms with Crippen LogP contribution in [0.3, 0.4) is 0 Å². The number of ether oxygens (including phenoxy) is 4. The van der Waals surface area contributed by atoms with E-state index >= 15 is 0 Å². The molecule has 0 bridgehead atoms. The van der Waals surface area contributed by atoms with Crippen molar-refractivity contribution in [2.45, 2.75) is 12.8 Å². The summed E-state index contributed by atoms with van der Waals surface area (Å²) in [6.07, 6.45) is 3.17. The van der Waals surface area contributed by atoms with Gasteiger partial charge in [-0.2, -0.15) is 0 Å². The first-order valence-corrected chi connectivity index (χ1v) is 9.74. The molecule has 0 aliphatic carbocycles. The summed E-state index contributed by atoms with van der Waals surface area (Å²) >= 11 is 6.24. The number of rotatable bonds is 9. The van der Waals surface area contributed by atoms with E-state index in [4.69, 9.17) is 30.5 Å². The van der Waals surface area contributed by atoms with E-state index in [9.17, 15) is 4.79 Å². The molecule has 0 aromatic heterocycles. The summed E-state index contributed by atoms with van der Waals surface area (Å²) in [7, 11) is 1.57. The summed E-state index contributed by atoms with van der Waals surface area (Å²) in [5.74, 6) is 2.11. The van der Waals surface area contributed by atoms with Crippen LogP contribution >= 0.6 is 11.6 Å². The van der Waals surface area contributed by atoms with Gasteiger partial charge in [-0.25, -0.2) is 0 Å². The van der Waals surface area contributed by atoms with Crippen LogP contribution in [0.1, 0.15) is 11.1 Å². The predicted octanol–water partition coefficient (Wildman–Crippen LogP) is 3.59. The first-order chi connectivity index (χ1) is 14.1. The van der Waals surface area contributed by atoms with E-state index in [1.54, 1.807) is 13.2 Å². The summed E-state index contributed by atoms with van der Waals surface area (Å²) in [5, 5.41) is 3.35. The zero-order valence-corrected chi connectivity index (χ0v) is 17.1. The van der Waals surface area contributed by atoms with Crippen molar-refractivity contribution >= 4 is 17.5 Å². The maximum absolute atomic E-state index is 12.1. The standard InChI is InChI=1S/C22H24ClNO5/c1-3-4-15-5-6-18(19(12-15)26-2)29-14-21(25)24-8-7-16-11-17(23)22-20(13-16)27-9-10-28-22/h3,5-6,11-13H,1,4,7-10,14H2,2H3,(H,24,25). The van der Waals surface area contributed by atoms with Gasteiger partial charge < -0.3 is 24.3 Å². The second-order valence-corrected chi connectivity index (χ2v) is 6.88. The molecule has 1 amide bonds. The second-order valence-electron chi connectivity index (χ2n) is 6.47. The molecule has 1 aliphatic rings. The van der Waals surface area contributed by atoms with Crippen LogP contribution in [0.15, 0.2) is 43.0 Å². The van der Waals surface area contributed by atoms with Crippen LogP contribution in [-0.2, 0) is 17.6 Å². The molecule has 29 heavy (non-hydrogen) atoms. The molecule has 7 heteroatoms. The molecule has 1 N–H and O–H groups in total. The van der Waals surface area contributed by atoms with Gasteiger partial charge in [-0.15, -0.1) is 6.58 Å². The van der Waals surface area contributed by atoms with Crippen molar-refractivity contribution < 1.29 is 23.7 Å². The third-order valence-corrected chi connectivity index (χ3v) is 4.64. The summed E-state index contributed by atoms with van der Waals surface area (Å²) in [6.45, 7) is 5.07. The van der Waals surface area contributed by atoms with E-state index in [1.807, 2.05) is 30.3 Å². The highest BCUT2D eigenvalue weighted by Gasteiger charge is 2.16. The first-order valence-electron chi connectivity index (χ1n) is 9.36. The van der Waals surface area contributed by atoms with Gasteiger partial charge in [0.05, 0.1) is 12.1 Å². The molecule has 154 valence electrons. The van der Waals surface area contributed by atoms with Gasteiger partial charge >= 0.3 is 0 Å². The lowest BCUT2D eigenvalue weighted by Crippen LogP contribution is -2.30. The SMILES string of the molecule is C=CCc1ccc(OCC(=O)NCCc2cc(Cl)c3c(c2)OCCO3)c(OC)c1. The molecule has 0 saturated heterocycles. The monoisotopic (exact) mass is 417 g/mol. The van der Waals surface area contributed by atoms with Gasteiger partial charge in [-0.1, -0.05) is 23.7 Å². The molecular weight excluding hydrogens is 394 g/mol. The highest BCUT2D eigenvalue weighted by Crippen LogP contribution is 2.38. The molecule has 0 spiro atoms. The molecule has 0 unspecified atom stereocenters. The van der Waals surface area contributed by atoms with Gasteiger partial charge in [0, 0.05) is 6.54 Å². The molecule has 6 nitrogen and oxygen atoms in total. The van der Waals surface area contributed by atoms with E-state index in [0.717, 1.165) is 17.5 Å². The largest absolute Gasteiger partial charge is 0.493 e. The van der Waals surface area contributed by atoms with Gasteiger partial charge in [0.1, 0.15) is 13.2 Å². The van der Waals surface area contributed by atoms with Gasteiger partial charge in [0.15, 0.2) is 29.6 Å². The molecular formula is C22H24ClNO5. The number of carbonyl (C=O) groups excluding carboxylic acids is 1. The van der Waals surface area contributed by atoms with Crippen molar-refractivity contribution in [3.05, 3.63) is 59.1 Å². The third-order valence-electron chi connectivity index (χ3n) is 4.36. The van der Waals surface area contributed by atoms with Crippen molar-refractivity contribution in [3.8, 4) is 23.0 Å². The number of methoxy groups -OCH3 is 1. The van der Waals surface area contributed by atoms with Crippen LogP contribution in [0.25, 0.3) is 0 Å². The number of allylic oxidation sites excluding steroid dienone is 1. The minimum atomic E-state index is -0.217. The van der Waals surface area contributed by atoms with Crippen LogP contribution in [0.2, 0.25) is 5.02 Å². The number of benzene rings is 2. The Morgan fingerprint density at radius 2 is 2.03 bits per heavy atom. The number of halogens is 1. The smallest absolute Gasteiger partial charge is 0.257 e. The van der Waals surface area contributed by atoms with Crippen molar-refractivity contribution in [3.63, 3.8) is 0 Å². The highest BCUT2D eigenvalue weighted by atomic mass is 35.5. The van der Waals surface area contributed by atoms with Crippen LogP contribution in [0, 0.1) is 0 Å². The van der Waals surface area contributed by atoms with Crippen LogP contribution in [0.5, 0.6) is 23.0 Å². The summed E-state index contributed by atoms with van der Waals surface area (Å²) in [6, 6.07) is 9.30.